The summed E-state index contributed by atoms with van der Waals surface area (Å²) in [4.78, 5) is 28.5. The maximum absolute atomic E-state index is 14.7. The number of morpholine rings is 1. The normalized spacial score (nSPS) is 16.6. The largest absolute Gasteiger partial charge is 0.492 e. The van der Waals surface area contributed by atoms with E-state index in [9.17, 15) is 23.5 Å². The van der Waals surface area contributed by atoms with Gasteiger partial charge in [0.2, 0.25) is 0 Å². The van der Waals surface area contributed by atoms with Gasteiger partial charge in [-0.25, -0.2) is 13.6 Å². The second-order valence-electron chi connectivity index (χ2n) is 10.2. The molecule has 2 N–H and O–H groups in total. The van der Waals surface area contributed by atoms with Crippen LogP contribution in [0.4, 0.5) is 8.78 Å². The molecule has 0 atom stereocenters. The molecule has 230 valence electrons. The SMILES string of the molecule is O=C(O)c1ccc(CCN2C(=O)/C(=C/c3ccc(OCCN4CCOCC4)c(-c4cc(F)c(CO)c(F)c4)c3)SC2=S)cc1. The first kappa shape index (κ1) is 31.7. The number of rotatable bonds is 11. The van der Waals surface area contributed by atoms with Gasteiger partial charge in [-0.15, -0.1) is 0 Å². The molecule has 2 saturated heterocycles. The molecule has 0 bridgehead atoms. The molecule has 1 amide bonds. The average Bonchev–Trinajstić information content (AvgIpc) is 3.28. The summed E-state index contributed by atoms with van der Waals surface area (Å²) in [5.74, 6) is -2.59. The summed E-state index contributed by atoms with van der Waals surface area (Å²) in [6.07, 6.45) is 2.16. The summed E-state index contributed by atoms with van der Waals surface area (Å²) in [7, 11) is 0. The third-order valence-electron chi connectivity index (χ3n) is 7.38. The third-order valence-corrected chi connectivity index (χ3v) is 8.76. The summed E-state index contributed by atoms with van der Waals surface area (Å²) in [5.41, 5.74) is 1.91. The molecule has 0 spiro atoms. The highest BCUT2D eigenvalue weighted by atomic mass is 32.2. The fraction of sp³-hybridized carbons (Fsp3) is 0.281. The van der Waals surface area contributed by atoms with Crippen LogP contribution >= 0.6 is 24.0 Å². The van der Waals surface area contributed by atoms with Gasteiger partial charge < -0.3 is 19.7 Å². The van der Waals surface area contributed by atoms with E-state index in [1.54, 1.807) is 36.4 Å². The van der Waals surface area contributed by atoms with E-state index in [0.29, 0.717) is 65.4 Å². The molecular weight excluding hydrogens is 610 g/mol. The number of benzene rings is 3. The van der Waals surface area contributed by atoms with Crippen LogP contribution < -0.4 is 4.74 Å². The number of hydrogen-bond donors (Lipinski definition) is 2. The number of carboxylic acid groups (broad SMARTS) is 1. The number of ether oxygens (including phenoxy) is 2. The quantitative estimate of drug-likeness (QED) is 0.222. The number of halogens is 2. The van der Waals surface area contributed by atoms with Crippen molar-refractivity contribution in [1.82, 2.24) is 9.80 Å². The summed E-state index contributed by atoms with van der Waals surface area (Å²) >= 11 is 6.63. The van der Waals surface area contributed by atoms with Crippen LogP contribution in [0.15, 0.2) is 59.5 Å². The van der Waals surface area contributed by atoms with Crippen LogP contribution in [0, 0.1) is 11.6 Å². The van der Waals surface area contributed by atoms with Gasteiger partial charge in [-0.2, -0.15) is 0 Å². The third kappa shape index (κ3) is 7.51. The van der Waals surface area contributed by atoms with Crippen molar-refractivity contribution >= 4 is 46.3 Å². The summed E-state index contributed by atoms with van der Waals surface area (Å²) in [5, 5.41) is 18.5. The minimum absolute atomic E-state index is 0.185. The van der Waals surface area contributed by atoms with Crippen molar-refractivity contribution in [3.63, 3.8) is 0 Å². The number of amides is 1. The smallest absolute Gasteiger partial charge is 0.335 e. The van der Waals surface area contributed by atoms with E-state index in [4.69, 9.17) is 26.8 Å². The first-order valence-corrected chi connectivity index (χ1v) is 15.2. The Kier molecular flexibility index (Phi) is 10.4. The summed E-state index contributed by atoms with van der Waals surface area (Å²) in [6.45, 7) is 3.46. The van der Waals surface area contributed by atoms with E-state index >= 15 is 0 Å². The van der Waals surface area contributed by atoms with Crippen molar-refractivity contribution in [2.75, 3.05) is 46.0 Å². The number of aromatic carboxylic acids is 1. The lowest BCUT2D eigenvalue weighted by Gasteiger charge is -2.26. The van der Waals surface area contributed by atoms with Crippen molar-refractivity contribution in [2.45, 2.75) is 13.0 Å². The molecule has 5 rings (SSSR count). The van der Waals surface area contributed by atoms with Gasteiger partial charge >= 0.3 is 5.97 Å². The molecule has 2 aliphatic rings. The van der Waals surface area contributed by atoms with Gasteiger partial charge in [0.05, 0.1) is 30.3 Å². The van der Waals surface area contributed by atoms with Crippen molar-refractivity contribution in [3.05, 3.63) is 93.4 Å². The number of thiocarbonyl (C=S) groups is 1. The van der Waals surface area contributed by atoms with Crippen molar-refractivity contribution in [2.24, 2.45) is 0 Å². The van der Waals surface area contributed by atoms with E-state index < -0.39 is 29.8 Å². The standard InChI is InChI=1S/C32H30F2N2O6S2/c33-26-17-23(18-27(34)25(26)19-37)24-15-21(3-6-28(24)42-14-11-35-9-12-41-13-10-35)16-29-30(38)36(32(43)44-29)8-7-20-1-4-22(5-2-20)31(39)40/h1-6,15-18,37H,7-14,19H2,(H,39,40)/b29-16-. The van der Waals surface area contributed by atoms with Gasteiger partial charge in [-0.05, 0) is 65.6 Å². The molecule has 3 aromatic rings. The number of aliphatic hydroxyl groups excluding tert-OH is 1. The van der Waals surface area contributed by atoms with Gasteiger partial charge in [0.15, 0.2) is 0 Å². The Bertz CT molecular complexity index is 1570. The van der Waals surface area contributed by atoms with E-state index in [-0.39, 0.29) is 17.0 Å². The topological polar surface area (TPSA) is 99.5 Å². The van der Waals surface area contributed by atoms with E-state index in [2.05, 4.69) is 4.90 Å². The van der Waals surface area contributed by atoms with Gasteiger partial charge in [0.1, 0.15) is 28.3 Å². The Labute approximate surface area is 262 Å². The van der Waals surface area contributed by atoms with Crippen LogP contribution in [0.3, 0.4) is 0 Å². The highest BCUT2D eigenvalue weighted by Crippen LogP contribution is 2.37. The lowest BCUT2D eigenvalue weighted by Crippen LogP contribution is -2.38. The van der Waals surface area contributed by atoms with Gasteiger partial charge in [0, 0.05) is 37.3 Å². The minimum Gasteiger partial charge on any atom is -0.492 e. The predicted octanol–water partition coefficient (Wildman–Crippen LogP) is 4.98. The molecule has 12 heteroatoms. The number of carboxylic acids is 1. The predicted molar refractivity (Wildman–Crippen MR) is 167 cm³/mol. The van der Waals surface area contributed by atoms with E-state index in [1.807, 2.05) is 0 Å². The molecule has 0 radical (unpaired) electrons. The van der Waals surface area contributed by atoms with Crippen LogP contribution in [0.5, 0.6) is 5.75 Å². The molecule has 0 aliphatic carbocycles. The van der Waals surface area contributed by atoms with Crippen molar-refractivity contribution in [3.8, 4) is 16.9 Å². The van der Waals surface area contributed by atoms with Crippen LogP contribution in [0.25, 0.3) is 17.2 Å². The molecule has 2 heterocycles. The molecule has 0 unspecified atom stereocenters. The minimum atomic E-state index is -1.01. The van der Waals surface area contributed by atoms with Crippen molar-refractivity contribution < 1.29 is 38.1 Å². The number of aliphatic hydroxyl groups is 1. The van der Waals surface area contributed by atoms with Crippen LogP contribution in [0.1, 0.15) is 27.0 Å². The second kappa shape index (κ2) is 14.4. The molecule has 0 aromatic heterocycles. The molecule has 0 saturated carbocycles. The van der Waals surface area contributed by atoms with Crippen LogP contribution in [-0.4, -0.2) is 82.2 Å². The fourth-order valence-corrected chi connectivity index (χ4v) is 6.22. The van der Waals surface area contributed by atoms with Gasteiger partial charge in [-0.3, -0.25) is 14.6 Å². The fourth-order valence-electron chi connectivity index (χ4n) is 4.91. The highest BCUT2D eigenvalue weighted by Gasteiger charge is 2.31. The Balaban J connectivity index is 1.36. The Morgan fingerprint density at radius 1 is 1.05 bits per heavy atom. The summed E-state index contributed by atoms with van der Waals surface area (Å²) in [6, 6.07) is 13.9. The molecular formula is C32H30F2N2O6S2. The van der Waals surface area contributed by atoms with Crippen LogP contribution in [-0.2, 0) is 22.6 Å². The Morgan fingerprint density at radius 2 is 1.75 bits per heavy atom. The van der Waals surface area contributed by atoms with Gasteiger partial charge in [0.25, 0.3) is 5.91 Å². The molecule has 44 heavy (non-hydrogen) atoms. The molecule has 2 aliphatic heterocycles. The first-order chi connectivity index (χ1) is 21.2. The number of thioether (sulfide) groups is 1. The summed E-state index contributed by atoms with van der Waals surface area (Å²) < 4.78 is 41.2. The van der Waals surface area contributed by atoms with Crippen LogP contribution in [0.2, 0.25) is 0 Å². The Hall–Kier alpha value is -3.68. The number of nitrogens with zero attached hydrogens (tertiary/aromatic N) is 2. The van der Waals surface area contributed by atoms with E-state index in [0.717, 1.165) is 42.5 Å². The first-order valence-electron chi connectivity index (χ1n) is 14.0. The molecule has 2 fully saturated rings. The maximum atomic E-state index is 14.7. The maximum Gasteiger partial charge on any atom is 0.335 e. The van der Waals surface area contributed by atoms with E-state index in [1.165, 1.54) is 17.0 Å². The zero-order chi connectivity index (χ0) is 31.2. The molecule has 8 nitrogen and oxygen atoms in total. The lowest BCUT2D eigenvalue weighted by atomic mass is 9.99. The molecule has 3 aromatic carbocycles. The second-order valence-corrected chi connectivity index (χ2v) is 11.9. The number of carbonyl (C=O) groups is 2. The lowest BCUT2D eigenvalue weighted by molar-refractivity contribution is -0.122. The monoisotopic (exact) mass is 640 g/mol. The Morgan fingerprint density at radius 3 is 2.41 bits per heavy atom. The average molecular weight is 641 g/mol. The zero-order valence-corrected chi connectivity index (χ0v) is 25.3. The van der Waals surface area contributed by atoms with Crippen molar-refractivity contribution in [1.29, 1.82) is 0 Å². The van der Waals surface area contributed by atoms with Gasteiger partial charge in [-0.1, -0.05) is 42.2 Å². The zero-order valence-electron chi connectivity index (χ0n) is 23.6. The highest BCUT2D eigenvalue weighted by molar-refractivity contribution is 8.26. The number of hydrogen-bond acceptors (Lipinski definition) is 8. The number of carbonyl (C=O) groups excluding carboxylic acids is 1.